The average molecular weight is 266 g/mol. The third-order valence-electron chi connectivity index (χ3n) is 1.36. The molecule has 0 spiro atoms. The van der Waals surface area contributed by atoms with E-state index < -0.39 is 41.7 Å². The number of rotatable bonds is 4. The molecule has 0 aromatic carbocycles. The van der Waals surface area contributed by atoms with Crippen LogP contribution in [0.25, 0.3) is 0 Å². The van der Waals surface area contributed by atoms with Crippen LogP contribution < -0.4 is 0 Å². The molecule has 0 radical (unpaired) electrons. The predicted octanol–water partition coefficient (Wildman–Crippen LogP) is 0.275. The second kappa shape index (κ2) is 9.78. The Morgan fingerprint density at radius 2 is 2.00 bits per heavy atom. The zero-order valence-corrected chi connectivity index (χ0v) is 11.9. The summed E-state index contributed by atoms with van der Waals surface area (Å²) in [5.41, 5.74) is 0. The van der Waals surface area contributed by atoms with Crippen LogP contribution in [0.2, 0.25) is 3.02 Å². The fourth-order valence-electron chi connectivity index (χ4n) is 0.668. The molecule has 8 heteroatoms. The van der Waals surface area contributed by atoms with Crippen LogP contribution in [-0.2, 0) is 14.1 Å². The van der Waals surface area contributed by atoms with Gasteiger partial charge in [0.2, 0.25) is 0 Å². The third-order valence-corrected chi connectivity index (χ3v) is 3.94. The standard InChI is InChI=1S/C6H9O2.CH3.Ca.H3O4P/c1-3-5-8-6(7)4-2;;;1-5(2,3)4/h4-5H,2-3H2,1H3;1H3;;(H3,1,2,3,4). The van der Waals surface area contributed by atoms with E-state index in [2.05, 4.69) is 9.60 Å². The quantitative estimate of drug-likeness (QED) is 0.292. The number of carbonyl (C=O) groups is 1. The van der Waals surface area contributed by atoms with E-state index >= 15 is 0 Å². The van der Waals surface area contributed by atoms with E-state index in [9.17, 15) is 4.79 Å². The van der Waals surface area contributed by atoms with Crippen molar-refractivity contribution in [3.8, 4) is 0 Å². The molecule has 0 saturated carbocycles. The summed E-state index contributed by atoms with van der Waals surface area (Å²) >= 11 is -0.595. The molecule has 1 atom stereocenters. The van der Waals surface area contributed by atoms with E-state index in [4.69, 9.17) is 24.0 Å². The van der Waals surface area contributed by atoms with Gasteiger partial charge >= 0.3 is 88.4 Å². The van der Waals surface area contributed by atoms with Crippen LogP contribution in [0, 0.1) is 0 Å². The van der Waals surface area contributed by atoms with Gasteiger partial charge in [-0.2, -0.15) is 0 Å². The van der Waals surface area contributed by atoms with E-state index in [0.29, 0.717) is 0 Å². The maximum atomic E-state index is 10.6. The summed E-state index contributed by atoms with van der Waals surface area (Å²) in [6, 6.07) is 0. The molecule has 0 aliphatic rings. The number of hydrogen-bond donors (Lipinski definition) is 3. The van der Waals surface area contributed by atoms with Crippen LogP contribution in [0.1, 0.15) is 13.3 Å². The molecule has 0 fully saturated rings. The monoisotopic (exact) mass is 266 g/mol. The first-order valence-corrected chi connectivity index (χ1v) is 9.40. The fourth-order valence-corrected chi connectivity index (χ4v) is 2.09. The Hall–Kier alpha value is 0.580. The molecule has 15 heavy (non-hydrogen) atoms. The van der Waals surface area contributed by atoms with Gasteiger partial charge in [0.25, 0.3) is 0 Å². The summed E-state index contributed by atoms with van der Waals surface area (Å²) in [7, 11) is -4.64. The first-order chi connectivity index (χ1) is 6.74. The van der Waals surface area contributed by atoms with Crippen molar-refractivity contribution in [2.24, 2.45) is 0 Å². The van der Waals surface area contributed by atoms with Gasteiger partial charge in [-0.25, -0.2) is 4.57 Å². The normalized spacial score (nSPS) is 11.5. The first-order valence-electron chi connectivity index (χ1n) is 4.35. The number of carbonyl (C=O) groups excluding carboxylic acids is 1. The number of hydrogen-bond acceptors (Lipinski definition) is 3. The first kappa shape index (κ1) is 18.0. The molecule has 0 aliphatic heterocycles. The minimum Gasteiger partial charge on any atom is -0.303 e. The molecular weight excluding hydrogens is 251 g/mol. The summed E-state index contributed by atoms with van der Waals surface area (Å²) in [5, 5.41) is 0. The summed E-state index contributed by atoms with van der Waals surface area (Å²) < 4.78 is 16.3. The van der Waals surface area contributed by atoms with Crippen LogP contribution in [0.5, 0.6) is 0 Å². The topological polar surface area (TPSA) is 104 Å². The summed E-state index contributed by atoms with van der Waals surface area (Å²) in [5.74, 6) is -0.278. The van der Waals surface area contributed by atoms with Gasteiger partial charge in [0.15, 0.2) is 0 Å². The maximum Gasteiger partial charge on any atom is 0.466 e. The molecule has 6 nitrogen and oxygen atoms in total. The Morgan fingerprint density at radius 1 is 1.60 bits per heavy atom. The van der Waals surface area contributed by atoms with Crippen LogP contribution >= 0.6 is 7.82 Å². The summed E-state index contributed by atoms with van der Waals surface area (Å²) in [4.78, 5) is 32.2. The Morgan fingerprint density at radius 3 is 2.20 bits per heavy atom. The minimum absolute atomic E-state index is 0.248. The van der Waals surface area contributed by atoms with Crippen molar-refractivity contribution in [1.29, 1.82) is 0 Å². The van der Waals surface area contributed by atoms with Crippen molar-refractivity contribution in [2.45, 2.75) is 18.6 Å². The molecule has 0 amide bonds. The zero-order valence-electron chi connectivity index (χ0n) is 8.79. The van der Waals surface area contributed by atoms with Crippen LogP contribution in [0.4, 0.5) is 0 Å². The van der Waals surface area contributed by atoms with Gasteiger partial charge in [0.05, 0.1) is 0 Å². The van der Waals surface area contributed by atoms with Crippen molar-refractivity contribution >= 4 is 47.6 Å². The van der Waals surface area contributed by atoms with Gasteiger partial charge < -0.3 is 14.7 Å². The molecule has 0 aromatic rings. The van der Waals surface area contributed by atoms with Gasteiger partial charge in [-0.3, -0.25) is 0 Å². The van der Waals surface area contributed by atoms with E-state index in [1.165, 1.54) is 6.08 Å². The largest absolute Gasteiger partial charge is 0.466 e. The molecule has 0 saturated heterocycles. The number of esters is 1. The molecule has 0 aliphatic carbocycles. The minimum atomic E-state index is -4.64. The van der Waals surface area contributed by atoms with Crippen LogP contribution in [-0.4, -0.2) is 56.7 Å². The molecule has 0 aromatic heterocycles. The van der Waals surface area contributed by atoms with Crippen molar-refractivity contribution in [1.82, 2.24) is 0 Å². The van der Waals surface area contributed by atoms with Crippen molar-refractivity contribution in [3.05, 3.63) is 12.7 Å². The van der Waals surface area contributed by atoms with Gasteiger partial charge in [-0.1, -0.05) is 0 Å². The van der Waals surface area contributed by atoms with Crippen LogP contribution in [0.3, 0.4) is 0 Å². The third kappa shape index (κ3) is 20.6. The number of phosphoric acid groups is 1. The van der Waals surface area contributed by atoms with E-state index in [1.54, 1.807) is 0 Å². The summed E-state index contributed by atoms with van der Waals surface area (Å²) in [6.07, 6.45) is 2.18. The van der Waals surface area contributed by atoms with E-state index in [-0.39, 0.29) is 8.17 Å². The fraction of sp³-hybridized carbons (Fsp3) is 0.571. The average Bonchev–Trinajstić information content (AvgIpc) is 2.11. The Kier molecular flexibility index (Phi) is 11.7. The maximum absolute atomic E-state index is 10.6. The molecule has 3 N–H and O–H groups in total. The predicted molar refractivity (Wildman–Crippen MR) is 56.2 cm³/mol. The Labute approximate surface area is 107 Å². The Balaban J connectivity index is 0. The van der Waals surface area contributed by atoms with Crippen molar-refractivity contribution < 1.29 is 28.8 Å². The second-order valence-corrected chi connectivity index (χ2v) is 6.32. The van der Waals surface area contributed by atoms with Crippen molar-refractivity contribution in [2.75, 3.05) is 0 Å². The zero-order chi connectivity index (χ0) is 12.5. The van der Waals surface area contributed by atoms with Gasteiger partial charge in [-0.15, -0.1) is 0 Å². The Bertz CT molecular complexity index is 225. The SMILES string of the molecule is C=CC(=O)O[CH](CC)[Ca][CH3].O=P(O)(O)O. The summed E-state index contributed by atoms with van der Waals surface area (Å²) in [6.45, 7) is 5.37. The second-order valence-electron chi connectivity index (χ2n) is 2.59. The molecule has 0 heterocycles. The molecule has 86 valence electrons. The van der Waals surface area contributed by atoms with Gasteiger partial charge in [0, 0.05) is 0 Å². The number of ether oxygens (including phenoxy) is 1. The van der Waals surface area contributed by atoms with Gasteiger partial charge in [-0.05, 0) is 0 Å². The van der Waals surface area contributed by atoms with Crippen LogP contribution in [0.15, 0.2) is 12.7 Å². The van der Waals surface area contributed by atoms with E-state index in [1.807, 2.05) is 6.92 Å². The smallest absolute Gasteiger partial charge is 0.303 e. The molecular formula is C7H15CaO6P. The van der Waals surface area contributed by atoms with E-state index in [0.717, 1.165) is 6.42 Å². The molecule has 0 rings (SSSR count). The molecule has 1 unspecified atom stereocenters. The molecule has 0 bridgehead atoms. The van der Waals surface area contributed by atoms with Gasteiger partial charge in [0.1, 0.15) is 0 Å². The van der Waals surface area contributed by atoms with Crippen molar-refractivity contribution in [3.63, 3.8) is 0 Å².